The van der Waals surface area contributed by atoms with E-state index in [0.717, 1.165) is 5.56 Å². The minimum absolute atomic E-state index is 0.449. The molecule has 1 aromatic carbocycles. The molecule has 1 aromatic rings. The molecule has 1 N–H and O–H groups in total. The van der Waals surface area contributed by atoms with Crippen LogP contribution in [-0.2, 0) is 16.1 Å². The van der Waals surface area contributed by atoms with E-state index in [-0.39, 0.29) is 0 Å². The van der Waals surface area contributed by atoms with Gasteiger partial charge in [-0.3, -0.25) is 0 Å². The molecule has 0 spiro atoms. The Hall–Kier alpha value is -0.900. The van der Waals surface area contributed by atoms with E-state index in [4.69, 9.17) is 9.47 Å². The second-order valence-corrected chi connectivity index (χ2v) is 3.39. The van der Waals surface area contributed by atoms with Crippen LogP contribution in [0.25, 0.3) is 0 Å². The molecule has 1 heterocycles. The molecule has 3 nitrogen and oxygen atoms in total. The van der Waals surface area contributed by atoms with Gasteiger partial charge in [-0.25, -0.2) is 0 Å². The number of hydrogen-bond donors (Lipinski definition) is 1. The zero-order valence-electron chi connectivity index (χ0n) is 7.93. The van der Waals surface area contributed by atoms with Crippen molar-refractivity contribution in [1.29, 1.82) is 0 Å². The zero-order valence-corrected chi connectivity index (χ0v) is 7.93. The molecule has 0 aliphatic carbocycles. The van der Waals surface area contributed by atoms with Crippen LogP contribution in [0, 0.1) is 0 Å². The molecule has 2 unspecified atom stereocenters. The number of benzene rings is 1. The first-order valence-corrected chi connectivity index (χ1v) is 4.81. The third kappa shape index (κ3) is 2.32. The van der Waals surface area contributed by atoms with Gasteiger partial charge >= 0.3 is 0 Å². The van der Waals surface area contributed by atoms with Crippen molar-refractivity contribution in [3.05, 3.63) is 35.9 Å². The minimum Gasteiger partial charge on any atom is -0.388 e. The van der Waals surface area contributed by atoms with Gasteiger partial charge in [-0.15, -0.1) is 0 Å². The van der Waals surface area contributed by atoms with E-state index >= 15 is 0 Å². The number of rotatable bonds is 3. The Labute approximate surface area is 83.3 Å². The van der Waals surface area contributed by atoms with E-state index in [2.05, 4.69) is 0 Å². The predicted octanol–water partition coefficient (Wildman–Crippen LogP) is 1.31. The Morgan fingerprint density at radius 1 is 1.36 bits per heavy atom. The van der Waals surface area contributed by atoms with E-state index in [1.165, 1.54) is 0 Å². The summed E-state index contributed by atoms with van der Waals surface area (Å²) in [7, 11) is 0. The number of hydrogen-bond acceptors (Lipinski definition) is 3. The Bertz CT molecular complexity index is 273. The highest BCUT2D eigenvalue weighted by atomic mass is 16.7. The topological polar surface area (TPSA) is 38.7 Å². The predicted molar refractivity (Wildman–Crippen MR) is 51.6 cm³/mol. The van der Waals surface area contributed by atoms with Crippen LogP contribution in [0.1, 0.15) is 12.0 Å². The van der Waals surface area contributed by atoms with Crippen LogP contribution in [0.2, 0.25) is 0 Å². The van der Waals surface area contributed by atoms with Crippen LogP contribution >= 0.6 is 0 Å². The van der Waals surface area contributed by atoms with Gasteiger partial charge < -0.3 is 14.6 Å². The van der Waals surface area contributed by atoms with Crippen molar-refractivity contribution < 1.29 is 14.6 Å². The van der Waals surface area contributed by atoms with Crippen molar-refractivity contribution in [3.8, 4) is 0 Å². The highest BCUT2D eigenvalue weighted by molar-refractivity contribution is 5.13. The smallest absolute Gasteiger partial charge is 0.183 e. The van der Waals surface area contributed by atoms with E-state index in [0.29, 0.717) is 19.6 Å². The fraction of sp³-hybridized carbons (Fsp3) is 0.455. The minimum atomic E-state index is -0.473. The molecular weight excluding hydrogens is 180 g/mol. The largest absolute Gasteiger partial charge is 0.388 e. The molecule has 0 bridgehead atoms. The summed E-state index contributed by atoms with van der Waals surface area (Å²) >= 11 is 0. The van der Waals surface area contributed by atoms with Crippen LogP contribution in [0.3, 0.4) is 0 Å². The van der Waals surface area contributed by atoms with E-state index in [1.807, 2.05) is 30.3 Å². The Balaban J connectivity index is 1.82. The summed E-state index contributed by atoms with van der Waals surface area (Å²) in [5.74, 6) is 0. The molecule has 1 saturated heterocycles. The quantitative estimate of drug-likeness (QED) is 0.788. The van der Waals surface area contributed by atoms with Crippen molar-refractivity contribution in [3.63, 3.8) is 0 Å². The first-order valence-electron chi connectivity index (χ1n) is 4.81. The molecular formula is C11H14O3. The van der Waals surface area contributed by atoms with Crippen LogP contribution in [0.15, 0.2) is 30.3 Å². The van der Waals surface area contributed by atoms with E-state index in [9.17, 15) is 5.11 Å². The molecule has 1 aliphatic heterocycles. The maximum Gasteiger partial charge on any atom is 0.183 e. The van der Waals surface area contributed by atoms with Gasteiger partial charge in [0.1, 0.15) is 6.10 Å². The summed E-state index contributed by atoms with van der Waals surface area (Å²) in [6.07, 6.45) is -0.256. The fourth-order valence-corrected chi connectivity index (χ4v) is 1.46. The van der Waals surface area contributed by atoms with Gasteiger partial charge in [-0.05, 0) is 5.56 Å². The molecule has 1 fully saturated rings. The summed E-state index contributed by atoms with van der Waals surface area (Å²) in [6.45, 7) is 1.07. The van der Waals surface area contributed by atoms with Gasteiger partial charge in [0.2, 0.25) is 0 Å². The van der Waals surface area contributed by atoms with E-state index < -0.39 is 12.4 Å². The summed E-state index contributed by atoms with van der Waals surface area (Å²) in [5.41, 5.74) is 1.09. The summed E-state index contributed by atoms with van der Waals surface area (Å²) < 4.78 is 10.6. The van der Waals surface area contributed by atoms with Crippen molar-refractivity contribution in [1.82, 2.24) is 0 Å². The van der Waals surface area contributed by atoms with Crippen LogP contribution in [-0.4, -0.2) is 24.1 Å². The second kappa shape index (κ2) is 4.55. The van der Waals surface area contributed by atoms with Crippen molar-refractivity contribution in [2.45, 2.75) is 25.4 Å². The molecule has 1 aliphatic rings. The maximum atomic E-state index is 9.42. The molecule has 0 aromatic heterocycles. The number of aliphatic hydroxyl groups excluding tert-OH is 1. The molecule has 76 valence electrons. The Morgan fingerprint density at radius 2 is 2.14 bits per heavy atom. The first-order chi connectivity index (χ1) is 6.86. The summed E-state index contributed by atoms with van der Waals surface area (Å²) in [5, 5.41) is 9.42. The summed E-state index contributed by atoms with van der Waals surface area (Å²) in [4.78, 5) is 0. The number of aliphatic hydroxyl groups is 1. The maximum absolute atomic E-state index is 9.42. The molecule has 0 saturated carbocycles. The zero-order chi connectivity index (χ0) is 9.80. The van der Waals surface area contributed by atoms with Crippen molar-refractivity contribution >= 4 is 0 Å². The fourth-order valence-electron chi connectivity index (χ4n) is 1.46. The molecule has 3 heteroatoms. The third-order valence-electron chi connectivity index (χ3n) is 2.27. The Kier molecular flexibility index (Phi) is 3.14. The highest BCUT2D eigenvalue weighted by Gasteiger charge is 2.26. The monoisotopic (exact) mass is 194 g/mol. The molecule has 0 amide bonds. The second-order valence-electron chi connectivity index (χ2n) is 3.39. The van der Waals surface area contributed by atoms with Gasteiger partial charge in [0.25, 0.3) is 0 Å². The van der Waals surface area contributed by atoms with Crippen LogP contribution in [0.4, 0.5) is 0 Å². The lowest BCUT2D eigenvalue weighted by atomic mass is 10.2. The number of ether oxygens (including phenoxy) is 2. The van der Waals surface area contributed by atoms with Crippen molar-refractivity contribution in [2.24, 2.45) is 0 Å². The van der Waals surface area contributed by atoms with Gasteiger partial charge in [-0.1, -0.05) is 30.3 Å². The molecule has 2 atom stereocenters. The normalized spacial score (nSPS) is 26.6. The van der Waals surface area contributed by atoms with Crippen LogP contribution in [0.5, 0.6) is 0 Å². The standard InChI is InChI=1S/C11H14O3/c12-10-6-7-13-11(10)14-8-9-4-2-1-3-5-9/h1-5,10-12H,6-8H2. The SMILES string of the molecule is OC1CCOC1OCc1ccccc1. The summed E-state index contributed by atoms with van der Waals surface area (Å²) in [6, 6.07) is 9.86. The first kappa shape index (κ1) is 9.65. The lowest BCUT2D eigenvalue weighted by Gasteiger charge is -2.14. The van der Waals surface area contributed by atoms with Gasteiger partial charge in [0, 0.05) is 6.42 Å². The van der Waals surface area contributed by atoms with Crippen LogP contribution < -0.4 is 0 Å². The molecule has 14 heavy (non-hydrogen) atoms. The van der Waals surface area contributed by atoms with Gasteiger partial charge in [-0.2, -0.15) is 0 Å². The van der Waals surface area contributed by atoms with E-state index in [1.54, 1.807) is 0 Å². The average Bonchev–Trinajstić information content (AvgIpc) is 2.63. The van der Waals surface area contributed by atoms with Crippen molar-refractivity contribution in [2.75, 3.05) is 6.61 Å². The average molecular weight is 194 g/mol. The molecule has 0 radical (unpaired) electrons. The Morgan fingerprint density at radius 3 is 2.79 bits per heavy atom. The third-order valence-corrected chi connectivity index (χ3v) is 2.27. The highest BCUT2D eigenvalue weighted by Crippen LogP contribution is 2.16. The van der Waals surface area contributed by atoms with Gasteiger partial charge in [0.05, 0.1) is 13.2 Å². The lowest BCUT2D eigenvalue weighted by Crippen LogP contribution is -2.23. The van der Waals surface area contributed by atoms with Gasteiger partial charge in [0.15, 0.2) is 6.29 Å². The lowest BCUT2D eigenvalue weighted by molar-refractivity contribution is -0.157. The molecule has 2 rings (SSSR count).